The van der Waals surface area contributed by atoms with Gasteiger partial charge in [-0.25, -0.2) is 0 Å². The van der Waals surface area contributed by atoms with E-state index in [0.717, 1.165) is 43.1 Å². The predicted octanol–water partition coefficient (Wildman–Crippen LogP) is 3.11. The van der Waals surface area contributed by atoms with Crippen LogP contribution in [-0.4, -0.2) is 16.4 Å². The SMILES string of the molecule is CCCn1cc(OCC2CC3CCC2C3)cn1. The summed E-state index contributed by atoms with van der Waals surface area (Å²) in [4.78, 5) is 0. The van der Waals surface area contributed by atoms with Gasteiger partial charge in [-0.15, -0.1) is 0 Å². The number of rotatable bonds is 5. The third-order valence-electron chi connectivity index (χ3n) is 4.41. The van der Waals surface area contributed by atoms with Crippen LogP contribution in [-0.2, 0) is 6.54 Å². The van der Waals surface area contributed by atoms with Gasteiger partial charge in [-0.3, -0.25) is 4.68 Å². The molecule has 3 unspecified atom stereocenters. The molecule has 0 amide bonds. The quantitative estimate of drug-likeness (QED) is 0.782. The number of nitrogens with zero attached hydrogens (tertiary/aromatic N) is 2. The van der Waals surface area contributed by atoms with E-state index in [9.17, 15) is 0 Å². The van der Waals surface area contributed by atoms with E-state index in [1.54, 1.807) is 0 Å². The lowest BCUT2D eigenvalue weighted by Crippen LogP contribution is -2.18. The van der Waals surface area contributed by atoms with Crippen LogP contribution in [0.25, 0.3) is 0 Å². The average molecular weight is 234 g/mol. The second-order valence-electron chi connectivity index (χ2n) is 5.69. The van der Waals surface area contributed by atoms with Gasteiger partial charge >= 0.3 is 0 Å². The number of hydrogen-bond acceptors (Lipinski definition) is 2. The van der Waals surface area contributed by atoms with E-state index in [1.807, 2.05) is 17.1 Å². The molecule has 0 aromatic carbocycles. The van der Waals surface area contributed by atoms with E-state index in [1.165, 1.54) is 25.7 Å². The van der Waals surface area contributed by atoms with Crippen LogP contribution < -0.4 is 4.74 Å². The van der Waals surface area contributed by atoms with E-state index in [4.69, 9.17) is 4.74 Å². The van der Waals surface area contributed by atoms with Gasteiger partial charge in [0.1, 0.15) is 0 Å². The minimum Gasteiger partial charge on any atom is -0.490 e. The van der Waals surface area contributed by atoms with E-state index >= 15 is 0 Å². The Morgan fingerprint density at radius 1 is 1.41 bits per heavy atom. The minimum absolute atomic E-state index is 0.809. The van der Waals surface area contributed by atoms with Gasteiger partial charge in [0, 0.05) is 6.54 Å². The number of fused-ring (bicyclic) bond motifs is 2. The van der Waals surface area contributed by atoms with Crippen molar-refractivity contribution in [2.75, 3.05) is 6.61 Å². The molecule has 3 rings (SSSR count). The topological polar surface area (TPSA) is 27.1 Å². The van der Waals surface area contributed by atoms with Crippen molar-refractivity contribution in [3.8, 4) is 5.75 Å². The van der Waals surface area contributed by atoms with Gasteiger partial charge < -0.3 is 4.74 Å². The lowest BCUT2D eigenvalue weighted by molar-refractivity contribution is 0.195. The first kappa shape index (κ1) is 11.1. The van der Waals surface area contributed by atoms with Gasteiger partial charge in [0.05, 0.1) is 19.0 Å². The van der Waals surface area contributed by atoms with Crippen molar-refractivity contribution >= 4 is 0 Å². The molecule has 94 valence electrons. The molecule has 2 aliphatic rings. The van der Waals surface area contributed by atoms with Gasteiger partial charge in [-0.1, -0.05) is 13.3 Å². The van der Waals surface area contributed by atoms with E-state index in [-0.39, 0.29) is 0 Å². The zero-order chi connectivity index (χ0) is 11.7. The first-order valence-corrected chi connectivity index (χ1v) is 7.00. The minimum atomic E-state index is 0.809. The van der Waals surface area contributed by atoms with Gasteiger partial charge in [0.15, 0.2) is 5.75 Å². The van der Waals surface area contributed by atoms with Gasteiger partial charge in [-0.2, -0.15) is 5.10 Å². The highest BCUT2D eigenvalue weighted by Crippen LogP contribution is 2.48. The second kappa shape index (κ2) is 4.71. The molecule has 1 heterocycles. The van der Waals surface area contributed by atoms with Crippen molar-refractivity contribution in [3.05, 3.63) is 12.4 Å². The summed E-state index contributed by atoms with van der Waals surface area (Å²) in [6.07, 6.45) is 10.8. The average Bonchev–Trinajstić information content (AvgIpc) is 3.02. The molecular weight excluding hydrogens is 212 g/mol. The molecule has 2 bridgehead atoms. The zero-order valence-electron chi connectivity index (χ0n) is 10.6. The molecule has 0 N–H and O–H groups in total. The molecule has 0 radical (unpaired) electrons. The van der Waals surface area contributed by atoms with Crippen molar-refractivity contribution in [1.29, 1.82) is 0 Å². The van der Waals surface area contributed by atoms with E-state index in [2.05, 4.69) is 12.0 Å². The summed E-state index contributed by atoms with van der Waals surface area (Å²) in [6.45, 7) is 4.05. The maximum atomic E-state index is 5.89. The predicted molar refractivity (Wildman–Crippen MR) is 67.0 cm³/mol. The van der Waals surface area contributed by atoms with Crippen LogP contribution in [0.3, 0.4) is 0 Å². The molecule has 3 heteroatoms. The zero-order valence-corrected chi connectivity index (χ0v) is 10.6. The van der Waals surface area contributed by atoms with Crippen LogP contribution in [0.1, 0.15) is 39.0 Å². The molecule has 2 aliphatic carbocycles. The summed E-state index contributed by atoms with van der Waals surface area (Å²) < 4.78 is 7.85. The second-order valence-corrected chi connectivity index (χ2v) is 5.69. The van der Waals surface area contributed by atoms with Gasteiger partial charge in [0.2, 0.25) is 0 Å². The molecule has 0 saturated heterocycles. The molecule has 3 nitrogen and oxygen atoms in total. The Morgan fingerprint density at radius 3 is 3.06 bits per heavy atom. The maximum Gasteiger partial charge on any atom is 0.157 e. The Morgan fingerprint density at radius 2 is 2.35 bits per heavy atom. The van der Waals surface area contributed by atoms with Gasteiger partial charge in [-0.05, 0) is 43.4 Å². The fraction of sp³-hybridized carbons (Fsp3) is 0.786. The van der Waals surface area contributed by atoms with Crippen molar-refractivity contribution in [2.45, 2.75) is 45.6 Å². The molecule has 2 fully saturated rings. The highest BCUT2D eigenvalue weighted by atomic mass is 16.5. The first-order chi connectivity index (χ1) is 8.35. The Bertz CT molecular complexity index is 374. The Balaban J connectivity index is 1.50. The Labute approximate surface area is 103 Å². The Kier molecular flexibility index (Phi) is 3.08. The molecule has 0 spiro atoms. The first-order valence-electron chi connectivity index (χ1n) is 7.00. The summed E-state index contributed by atoms with van der Waals surface area (Å²) in [6, 6.07) is 0. The summed E-state index contributed by atoms with van der Waals surface area (Å²) in [5.41, 5.74) is 0. The number of ether oxygens (including phenoxy) is 1. The largest absolute Gasteiger partial charge is 0.490 e. The fourth-order valence-electron chi connectivity index (χ4n) is 3.55. The molecule has 0 aliphatic heterocycles. The van der Waals surface area contributed by atoms with Crippen molar-refractivity contribution in [3.63, 3.8) is 0 Å². The smallest absolute Gasteiger partial charge is 0.157 e. The molecule has 2 saturated carbocycles. The lowest BCUT2D eigenvalue weighted by Gasteiger charge is -2.21. The van der Waals surface area contributed by atoms with Crippen LogP contribution in [0.2, 0.25) is 0 Å². The fourth-order valence-corrected chi connectivity index (χ4v) is 3.55. The summed E-state index contributed by atoms with van der Waals surface area (Å²) in [5.74, 6) is 3.71. The number of aryl methyl sites for hydroxylation is 1. The maximum absolute atomic E-state index is 5.89. The van der Waals surface area contributed by atoms with Crippen LogP contribution in [0.15, 0.2) is 12.4 Å². The summed E-state index contributed by atoms with van der Waals surface area (Å²) in [5, 5.41) is 4.29. The number of hydrogen-bond donors (Lipinski definition) is 0. The van der Waals surface area contributed by atoms with Crippen molar-refractivity contribution < 1.29 is 4.74 Å². The Hall–Kier alpha value is -0.990. The molecule has 1 aromatic heterocycles. The molecule has 3 atom stereocenters. The number of aromatic nitrogens is 2. The highest BCUT2D eigenvalue weighted by Gasteiger charge is 2.39. The van der Waals surface area contributed by atoms with Crippen LogP contribution in [0.5, 0.6) is 5.75 Å². The van der Waals surface area contributed by atoms with Crippen LogP contribution in [0.4, 0.5) is 0 Å². The van der Waals surface area contributed by atoms with Crippen molar-refractivity contribution in [2.24, 2.45) is 17.8 Å². The highest BCUT2D eigenvalue weighted by molar-refractivity contribution is 5.11. The van der Waals surface area contributed by atoms with Gasteiger partial charge in [0.25, 0.3) is 0 Å². The summed E-state index contributed by atoms with van der Waals surface area (Å²) in [7, 11) is 0. The third-order valence-corrected chi connectivity index (χ3v) is 4.41. The van der Waals surface area contributed by atoms with E-state index in [0.29, 0.717) is 0 Å². The standard InChI is InChI=1S/C14H22N2O/c1-2-5-16-9-14(8-15-16)17-10-13-7-11-3-4-12(13)6-11/h8-9,11-13H,2-7,10H2,1H3. The molecular formula is C14H22N2O. The third kappa shape index (κ3) is 2.33. The monoisotopic (exact) mass is 234 g/mol. The summed E-state index contributed by atoms with van der Waals surface area (Å²) >= 11 is 0. The van der Waals surface area contributed by atoms with E-state index < -0.39 is 0 Å². The lowest BCUT2D eigenvalue weighted by atomic mass is 9.90. The van der Waals surface area contributed by atoms with Crippen LogP contribution in [0, 0.1) is 17.8 Å². The van der Waals surface area contributed by atoms with Crippen molar-refractivity contribution in [1.82, 2.24) is 9.78 Å². The normalized spacial score (nSPS) is 31.0. The molecule has 17 heavy (non-hydrogen) atoms. The molecule has 1 aromatic rings. The van der Waals surface area contributed by atoms with Crippen LogP contribution >= 0.6 is 0 Å².